The Morgan fingerprint density at radius 3 is 2.29 bits per heavy atom. The molecule has 0 aliphatic carbocycles. The SMILES string of the molecule is COc1ccc(CC(=O)NNC(=O)c2ccc(OC)c(I)c2)cc1. The number of hydrogen-bond acceptors (Lipinski definition) is 4. The molecule has 126 valence electrons. The van der Waals surface area contributed by atoms with E-state index in [1.807, 2.05) is 0 Å². The second kappa shape index (κ2) is 8.53. The molecule has 2 N–H and O–H groups in total. The zero-order valence-corrected chi connectivity index (χ0v) is 15.4. The summed E-state index contributed by atoms with van der Waals surface area (Å²) in [4.78, 5) is 23.9. The fourth-order valence-corrected chi connectivity index (χ4v) is 2.71. The van der Waals surface area contributed by atoms with E-state index in [0.29, 0.717) is 11.3 Å². The molecule has 7 heteroatoms. The number of hydrazine groups is 1. The molecular formula is C17H17IN2O4. The van der Waals surface area contributed by atoms with Crippen molar-refractivity contribution in [3.05, 3.63) is 57.2 Å². The standard InChI is InChI=1S/C17H17IN2O4/c1-23-13-6-3-11(4-7-13)9-16(21)19-20-17(22)12-5-8-15(24-2)14(18)10-12/h3-8,10H,9H2,1-2H3,(H,19,21)(H,20,22). The third-order valence-electron chi connectivity index (χ3n) is 3.25. The molecule has 2 amide bonds. The first kappa shape index (κ1) is 18.1. The maximum absolute atomic E-state index is 12.1. The van der Waals surface area contributed by atoms with Gasteiger partial charge < -0.3 is 9.47 Å². The summed E-state index contributed by atoms with van der Waals surface area (Å²) >= 11 is 2.08. The zero-order valence-electron chi connectivity index (χ0n) is 13.3. The summed E-state index contributed by atoms with van der Waals surface area (Å²) in [5.41, 5.74) is 6.06. The Morgan fingerprint density at radius 1 is 1.00 bits per heavy atom. The molecule has 0 bridgehead atoms. The average Bonchev–Trinajstić information content (AvgIpc) is 2.60. The number of rotatable bonds is 5. The first-order valence-electron chi connectivity index (χ1n) is 7.09. The molecule has 0 aromatic heterocycles. The Bertz CT molecular complexity index is 732. The fraction of sp³-hybridized carbons (Fsp3) is 0.176. The largest absolute Gasteiger partial charge is 0.497 e. The smallest absolute Gasteiger partial charge is 0.269 e. The third kappa shape index (κ3) is 4.85. The lowest BCUT2D eigenvalue weighted by Crippen LogP contribution is -2.42. The molecule has 2 aromatic carbocycles. The van der Waals surface area contributed by atoms with Gasteiger partial charge in [-0.2, -0.15) is 0 Å². The van der Waals surface area contributed by atoms with E-state index in [-0.39, 0.29) is 12.3 Å². The van der Waals surface area contributed by atoms with Crippen LogP contribution in [-0.2, 0) is 11.2 Å². The number of halogens is 1. The molecular weight excluding hydrogens is 423 g/mol. The summed E-state index contributed by atoms with van der Waals surface area (Å²) in [5, 5.41) is 0. The Kier molecular flexibility index (Phi) is 6.42. The summed E-state index contributed by atoms with van der Waals surface area (Å²) in [6.07, 6.45) is 0.157. The van der Waals surface area contributed by atoms with Crippen LogP contribution in [-0.4, -0.2) is 26.0 Å². The van der Waals surface area contributed by atoms with Gasteiger partial charge in [0, 0.05) is 5.56 Å². The summed E-state index contributed by atoms with van der Waals surface area (Å²) in [6, 6.07) is 12.2. The van der Waals surface area contributed by atoms with Crippen LogP contribution in [0.1, 0.15) is 15.9 Å². The number of methoxy groups -OCH3 is 2. The van der Waals surface area contributed by atoms with Crippen LogP contribution in [0.25, 0.3) is 0 Å². The van der Waals surface area contributed by atoms with Gasteiger partial charge in [0.15, 0.2) is 0 Å². The molecule has 0 fully saturated rings. The Labute approximate surface area is 153 Å². The maximum atomic E-state index is 12.1. The van der Waals surface area contributed by atoms with Crippen molar-refractivity contribution >= 4 is 34.4 Å². The predicted octanol–water partition coefficient (Wildman–Crippen LogP) is 2.31. The third-order valence-corrected chi connectivity index (χ3v) is 4.10. The van der Waals surface area contributed by atoms with Crippen LogP contribution in [0.15, 0.2) is 42.5 Å². The van der Waals surface area contributed by atoms with Crippen LogP contribution >= 0.6 is 22.6 Å². The van der Waals surface area contributed by atoms with E-state index in [0.717, 1.165) is 14.9 Å². The van der Waals surface area contributed by atoms with Crippen molar-refractivity contribution < 1.29 is 19.1 Å². The van der Waals surface area contributed by atoms with Crippen molar-refractivity contribution in [2.45, 2.75) is 6.42 Å². The summed E-state index contributed by atoms with van der Waals surface area (Å²) in [7, 11) is 3.15. The van der Waals surface area contributed by atoms with Crippen molar-refractivity contribution in [3.8, 4) is 11.5 Å². The van der Waals surface area contributed by atoms with Crippen molar-refractivity contribution in [1.29, 1.82) is 0 Å². The van der Waals surface area contributed by atoms with Gasteiger partial charge in [-0.25, -0.2) is 0 Å². The molecule has 2 aromatic rings. The molecule has 0 aliphatic rings. The molecule has 0 radical (unpaired) electrons. The molecule has 0 spiro atoms. The fourth-order valence-electron chi connectivity index (χ4n) is 1.98. The Morgan fingerprint density at radius 2 is 1.71 bits per heavy atom. The number of ether oxygens (including phenoxy) is 2. The lowest BCUT2D eigenvalue weighted by molar-refractivity contribution is -0.121. The van der Waals surface area contributed by atoms with Crippen LogP contribution in [0.5, 0.6) is 11.5 Å². The Balaban J connectivity index is 1.88. The number of hydrogen-bond donors (Lipinski definition) is 2. The van der Waals surface area contributed by atoms with Gasteiger partial charge in [-0.1, -0.05) is 12.1 Å². The van der Waals surface area contributed by atoms with Crippen molar-refractivity contribution in [3.63, 3.8) is 0 Å². The second-order valence-corrected chi connectivity index (χ2v) is 6.04. The minimum atomic E-state index is -0.390. The normalized spacial score (nSPS) is 9.96. The van der Waals surface area contributed by atoms with E-state index in [9.17, 15) is 9.59 Å². The highest BCUT2D eigenvalue weighted by molar-refractivity contribution is 14.1. The van der Waals surface area contributed by atoms with Gasteiger partial charge in [-0.05, 0) is 58.5 Å². The van der Waals surface area contributed by atoms with E-state index in [1.165, 1.54) is 0 Å². The predicted molar refractivity (Wildman–Crippen MR) is 98.0 cm³/mol. The quantitative estimate of drug-likeness (QED) is 0.553. The molecule has 0 saturated carbocycles. The van der Waals surface area contributed by atoms with E-state index >= 15 is 0 Å². The first-order valence-corrected chi connectivity index (χ1v) is 8.17. The molecule has 24 heavy (non-hydrogen) atoms. The molecule has 0 atom stereocenters. The average molecular weight is 440 g/mol. The van der Waals surface area contributed by atoms with Crippen molar-refractivity contribution in [1.82, 2.24) is 10.9 Å². The van der Waals surface area contributed by atoms with Crippen molar-refractivity contribution in [2.24, 2.45) is 0 Å². The van der Waals surface area contributed by atoms with Gasteiger partial charge >= 0.3 is 0 Å². The topological polar surface area (TPSA) is 76.7 Å². The lowest BCUT2D eigenvalue weighted by atomic mass is 10.1. The highest BCUT2D eigenvalue weighted by Crippen LogP contribution is 2.21. The van der Waals surface area contributed by atoms with Crippen LogP contribution in [0.3, 0.4) is 0 Å². The highest BCUT2D eigenvalue weighted by Gasteiger charge is 2.10. The van der Waals surface area contributed by atoms with Gasteiger partial charge in [0.1, 0.15) is 11.5 Å². The number of nitrogens with one attached hydrogen (secondary N) is 2. The van der Waals surface area contributed by atoms with Gasteiger partial charge in [-0.3, -0.25) is 20.4 Å². The molecule has 2 rings (SSSR count). The molecule has 6 nitrogen and oxygen atoms in total. The second-order valence-electron chi connectivity index (χ2n) is 4.88. The van der Waals surface area contributed by atoms with Crippen LogP contribution in [0.4, 0.5) is 0 Å². The first-order chi connectivity index (χ1) is 11.5. The van der Waals surface area contributed by atoms with E-state index in [2.05, 4.69) is 33.4 Å². The zero-order chi connectivity index (χ0) is 17.5. The van der Waals surface area contributed by atoms with Gasteiger partial charge in [-0.15, -0.1) is 0 Å². The minimum Gasteiger partial charge on any atom is -0.497 e. The van der Waals surface area contributed by atoms with Gasteiger partial charge in [0.2, 0.25) is 5.91 Å². The van der Waals surface area contributed by atoms with E-state index < -0.39 is 5.91 Å². The van der Waals surface area contributed by atoms with Crippen LogP contribution < -0.4 is 20.3 Å². The number of benzene rings is 2. The number of carbonyl (C=O) groups is 2. The molecule has 0 saturated heterocycles. The molecule has 0 unspecified atom stereocenters. The molecule has 0 aliphatic heterocycles. The van der Waals surface area contributed by atoms with E-state index in [4.69, 9.17) is 9.47 Å². The van der Waals surface area contributed by atoms with Gasteiger partial charge in [0.25, 0.3) is 5.91 Å². The lowest BCUT2D eigenvalue weighted by Gasteiger charge is -2.09. The number of amides is 2. The molecule has 0 heterocycles. The summed E-state index contributed by atoms with van der Waals surface area (Å²) in [6.45, 7) is 0. The van der Waals surface area contributed by atoms with E-state index in [1.54, 1.807) is 56.7 Å². The van der Waals surface area contributed by atoms with Crippen molar-refractivity contribution in [2.75, 3.05) is 14.2 Å². The Hall–Kier alpha value is -2.29. The summed E-state index contributed by atoms with van der Waals surface area (Å²) in [5.74, 6) is 0.715. The number of carbonyl (C=O) groups excluding carboxylic acids is 2. The van der Waals surface area contributed by atoms with Gasteiger partial charge in [0.05, 0.1) is 24.2 Å². The maximum Gasteiger partial charge on any atom is 0.269 e. The monoisotopic (exact) mass is 440 g/mol. The minimum absolute atomic E-state index is 0.157. The van der Waals surface area contributed by atoms with Crippen LogP contribution in [0, 0.1) is 3.57 Å². The highest BCUT2D eigenvalue weighted by atomic mass is 127. The summed E-state index contributed by atoms with van der Waals surface area (Å²) < 4.78 is 11.0. The van der Waals surface area contributed by atoms with Crippen LogP contribution in [0.2, 0.25) is 0 Å².